The molecule has 1 amide bonds. The highest BCUT2D eigenvalue weighted by atomic mass is 16.7. The number of amides is 1. The highest BCUT2D eigenvalue weighted by molar-refractivity contribution is 6.05. The molecule has 116 valence electrons. The molecule has 5 heteroatoms. The van der Waals surface area contributed by atoms with Gasteiger partial charge in [0.1, 0.15) is 0 Å². The Balaban J connectivity index is 1.83. The summed E-state index contributed by atoms with van der Waals surface area (Å²) < 4.78 is 0. The van der Waals surface area contributed by atoms with Crippen molar-refractivity contribution < 1.29 is 14.7 Å². The number of rotatable bonds is 3. The number of hydrogen-bond acceptors (Lipinski definition) is 3. The Hall–Kier alpha value is -2.63. The number of aliphatic hydroxyl groups is 1. The minimum Gasteiger partial charge on any atom is -0.375 e. The van der Waals surface area contributed by atoms with E-state index in [4.69, 9.17) is 4.84 Å². The fraction of sp³-hybridized carbons (Fsp3) is 0.167. The van der Waals surface area contributed by atoms with Crippen LogP contribution >= 0.6 is 0 Å². The fourth-order valence-electron chi connectivity index (χ4n) is 3.30. The van der Waals surface area contributed by atoms with Gasteiger partial charge in [-0.3, -0.25) is 9.63 Å². The van der Waals surface area contributed by atoms with Crippen molar-refractivity contribution in [3.8, 4) is 0 Å². The van der Waals surface area contributed by atoms with Crippen LogP contribution in [0.4, 0.5) is 5.69 Å². The number of fused-ring (bicyclic) bond motifs is 2. The van der Waals surface area contributed by atoms with Crippen molar-refractivity contribution in [3.63, 3.8) is 0 Å². The molecule has 1 aromatic heterocycles. The van der Waals surface area contributed by atoms with Gasteiger partial charge in [-0.25, -0.2) is 0 Å². The second kappa shape index (κ2) is 4.94. The summed E-state index contributed by atoms with van der Waals surface area (Å²) in [4.78, 5) is 21.1. The molecule has 0 aliphatic carbocycles. The van der Waals surface area contributed by atoms with E-state index >= 15 is 0 Å². The van der Waals surface area contributed by atoms with Crippen LogP contribution in [0, 0.1) is 0 Å². The van der Waals surface area contributed by atoms with Crippen molar-refractivity contribution in [1.82, 2.24) is 4.98 Å². The maximum Gasteiger partial charge on any atom is 0.287 e. The van der Waals surface area contributed by atoms with Crippen LogP contribution in [0.15, 0.2) is 54.7 Å². The molecule has 0 saturated carbocycles. The minimum atomic E-state index is -1.63. The van der Waals surface area contributed by atoms with E-state index in [1.807, 2.05) is 42.6 Å². The first-order valence-corrected chi connectivity index (χ1v) is 7.40. The molecule has 2 N–H and O–H groups in total. The Morgan fingerprint density at radius 1 is 1.17 bits per heavy atom. The van der Waals surface area contributed by atoms with E-state index in [9.17, 15) is 9.90 Å². The summed E-state index contributed by atoms with van der Waals surface area (Å²) in [5, 5.41) is 13.3. The number of hydroxylamine groups is 1. The summed E-state index contributed by atoms with van der Waals surface area (Å²) in [7, 11) is 1.42. The van der Waals surface area contributed by atoms with Crippen molar-refractivity contribution in [2.45, 2.75) is 12.0 Å². The van der Waals surface area contributed by atoms with Crippen LogP contribution in [0.25, 0.3) is 10.9 Å². The van der Waals surface area contributed by atoms with Crippen molar-refractivity contribution in [2.75, 3.05) is 12.2 Å². The Labute approximate surface area is 133 Å². The molecule has 0 spiro atoms. The maximum absolute atomic E-state index is 12.7. The van der Waals surface area contributed by atoms with Crippen LogP contribution < -0.4 is 5.06 Å². The summed E-state index contributed by atoms with van der Waals surface area (Å²) >= 11 is 0. The van der Waals surface area contributed by atoms with Crippen LogP contribution in [0.2, 0.25) is 0 Å². The normalized spacial score (nSPS) is 20.3. The highest BCUT2D eigenvalue weighted by Gasteiger charge is 2.50. The number of aromatic nitrogens is 1. The van der Waals surface area contributed by atoms with E-state index in [-0.39, 0.29) is 6.42 Å². The lowest BCUT2D eigenvalue weighted by molar-refractivity contribution is -0.142. The predicted octanol–water partition coefficient (Wildman–Crippen LogP) is 2.51. The van der Waals surface area contributed by atoms with E-state index in [1.165, 1.54) is 7.11 Å². The number of para-hydroxylation sites is 2. The molecule has 3 aromatic rings. The third kappa shape index (κ3) is 1.91. The van der Waals surface area contributed by atoms with Gasteiger partial charge in [0, 0.05) is 29.1 Å². The van der Waals surface area contributed by atoms with E-state index in [0.717, 1.165) is 21.5 Å². The summed E-state index contributed by atoms with van der Waals surface area (Å²) in [6.07, 6.45) is 2.03. The smallest absolute Gasteiger partial charge is 0.287 e. The number of benzene rings is 2. The molecule has 0 unspecified atom stereocenters. The largest absolute Gasteiger partial charge is 0.375 e. The van der Waals surface area contributed by atoms with Crippen molar-refractivity contribution >= 4 is 22.5 Å². The van der Waals surface area contributed by atoms with Gasteiger partial charge in [0.25, 0.3) is 5.91 Å². The van der Waals surface area contributed by atoms with Crippen molar-refractivity contribution in [2.24, 2.45) is 0 Å². The second-order valence-corrected chi connectivity index (χ2v) is 5.70. The van der Waals surface area contributed by atoms with Crippen LogP contribution in [0.3, 0.4) is 0 Å². The van der Waals surface area contributed by atoms with Crippen LogP contribution in [-0.4, -0.2) is 23.1 Å². The number of anilines is 1. The van der Waals surface area contributed by atoms with Gasteiger partial charge in [-0.05, 0) is 17.7 Å². The van der Waals surface area contributed by atoms with Gasteiger partial charge < -0.3 is 10.1 Å². The summed E-state index contributed by atoms with van der Waals surface area (Å²) in [6.45, 7) is 0. The number of carbonyl (C=O) groups is 1. The van der Waals surface area contributed by atoms with Crippen LogP contribution in [0.5, 0.6) is 0 Å². The van der Waals surface area contributed by atoms with Gasteiger partial charge in [0.05, 0.1) is 12.8 Å². The molecule has 2 aromatic carbocycles. The number of aromatic amines is 1. The highest BCUT2D eigenvalue weighted by Crippen LogP contribution is 2.42. The van der Waals surface area contributed by atoms with Crippen molar-refractivity contribution in [1.29, 1.82) is 0 Å². The number of nitrogens with one attached hydrogen (secondary N) is 1. The summed E-state index contributed by atoms with van der Waals surface area (Å²) in [5.41, 5.74) is 1.40. The molecule has 2 heterocycles. The van der Waals surface area contributed by atoms with Gasteiger partial charge in [-0.1, -0.05) is 36.4 Å². The lowest BCUT2D eigenvalue weighted by Crippen LogP contribution is -2.41. The van der Waals surface area contributed by atoms with E-state index in [0.29, 0.717) is 11.3 Å². The molecule has 1 aliphatic rings. The lowest BCUT2D eigenvalue weighted by Gasteiger charge is -2.21. The quantitative estimate of drug-likeness (QED) is 0.781. The monoisotopic (exact) mass is 308 g/mol. The Morgan fingerprint density at radius 3 is 2.74 bits per heavy atom. The molecule has 0 saturated heterocycles. The Morgan fingerprint density at radius 2 is 1.91 bits per heavy atom. The third-order valence-electron chi connectivity index (χ3n) is 4.41. The first kappa shape index (κ1) is 14.0. The summed E-state index contributed by atoms with van der Waals surface area (Å²) in [6, 6.07) is 15.0. The molecule has 5 nitrogen and oxygen atoms in total. The van der Waals surface area contributed by atoms with E-state index < -0.39 is 11.5 Å². The van der Waals surface area contributed by atoms with E-state index in [2.05, 4.69) is 4.98 Å². The van der Waals surface area contributed by atoms with Crippen molar-refractivity contribution in [3.05, 3.63) is 65.9 Å². The average Bonchev–Trinajstić information content (AvgIpc) is 3.07. The fourth-order valence-corrected chi connectivity index (χ4v) is 3.30. The molecule has 23 heavy (non-hydrogen) atoms. The average molecular weight is 308 g/mol. The zero-order chi connectivity index (χ0) is 16.0. The van der Waals surface area contributed by atoms with Gasteiger partial charge in [-0.15, -0.1) is 0 Å². The SMILES string of the molecule is CON1C(=O)[C@@](O)(Cc2c[nH]c3ccccc23)c2ccccc21. The topological polar surface area (TPSA) is 65.6 Å². The third-order valence-corrected chi connectivity index (χ3v) is 4.41. The number of hydrogen-bond donors (Lipinski definition) is 2. The molecule has 0 bridgehead atoms. The molecule has 1 aliphatic heterocycles. The number of nitrogens with zero attached hydrogens (tertiary/aromatic N) is 1. The number of carbonyl (C=O) groups excluding carboxylic acids is 1. The second-order valence-electron chi connectivity index (χ2n) is 5.70. The van der Waals surface area contributed by atoms with Gasteiger partial charge in [0.15, 0.2) is 5.60 Å². The van der Waals surface area contributed by atoms with E-state index in [1.54, 1.807) is 12.1 Å². The summed E-state index contributed by atoms with van der Waals surface area (Å²) in [5.74, 6) is -0.466. The molecule has 0 fully saturated rings. The first-order valence-electron chi connectivity index (χ1n) is 7.40. The molecular formula is C18H16N2O3. The minimum absolute atomic E-state index is 0.187. The standard InChI is InChI=1S/C18H16N2O3/c1-23-20-16-9-5-3-7-14(16)18(22,17(20)21)10-12-11-19-15-8-4-2-6-13(12)15/h2-9,11,19,22H,10H2,1H3/t18-/m1/s1. The Kier molecular flexibility index (Phi) is 3.01. The van der Waals surface area contributed by atoms with Crippen LogP contribution in [-0.2, 0) is 21.7 Å². The van der Waals surface area contributed by atoms with Gasteiger partial charge >= 0.3 is 0 Å². The Bertz CT molecular complexity index is 902. The number of H-pyrrole nitrogens is 1. The molecule has 1 atom stereocenters. The molecule has 0 radical (unpaired) electrons. The lowest BCUT2D eigenvalue weighted by atomic mass is 9.88. The zero-order valence-electron chi connectivity index (χ0n) is 12.6. The van der Waals surface area contributed by atoms with Gasteiger partial charge in [0.2, 0.25) is 0 Å². The maximum atomic E-state index is 12.7. The predicted molar refractivity (Wildman–Crippen MR) is 86.8 cm³/mol. The first-order chi connectivity index (χ1) is 11.1. The molecule has 4 rings (SSSR count). The zero-order valence-corrected chi connectivity index (χ0v) is 12.6. The van der Waals surface area contributed by atoms with Gasteiger partial charge in [-0.2, -0.15) is 5.06 Å². The molecular weight excluding hydrogens is 292 g/mol. The van der Waals surface area contributed by atoms with Crippen LogP contribution in [0.1, 0.15) is 11.1 Å².